The number of halogens is 1. The highest BCUT2D eigenvalue weighted by molar-refractivity contribution is 5.85. The molecule has 0 aliphatic carbocycles. The van der Waals surface area contributed by atoms with E-state index in [1.165, 1.54) is 0 Å². The first-order valence-corrected chi connectivity index (χ1v) is 8.81. The molecule has 1 amide bonds. The number of carbonyl (C=O) groups is 1. The van der Waals surface area contributed by atoms with Gasteiger partial charge >= 0.3 is 6.09 Å². The third-order valence-corrected chi connectivity index (χ3v) is 4.24. The van der Waals surface area contributed by atoms with Gasteiger partial charge in [-0.3, -0.25) is 0 Å². The lowest BCUT2D eigenvalue weighted by atomic mass is 10.0. The van der Waals surface area contributed by atoms with Gasteiger partial charge in [-0.15, -0.1) is 12.4 Å². The third kappa shape index (κ3) is 4.75. The summed E-state index contributed by atoms with van der Waals surface area (Å²) in [5, 5.41) is 2.84. The van der Waals surface area contributed by atoms with Crippen molar-refractivity contribution in [1.29, 1.82) is 0 Å². The lowest BCUT2D eigenvalue weighted by Crippen LogP contribution is -2.35. The minimum Gasteiger partial charge on any atom is -0.453 e. The van der Waals surface area contributed by atoms with E-state index >= 15 is 0 Å². The Morgan fingerprint density at radius 3 is 2.04 bits per heavy atom. The van der Waals surface area contributed by atoms with Gasteiger partial charge in [0.15, 0.2) is 11.5 Å². The number of benzene rings is 3. The Morgan fingerprint density at radius 2 is 1.43 bits per heavy atom. The van der Waals surface area contributed by atoms with Crippen LogP contribution >= 0.6 is 12.4 Å². The highest BCUT2D eigenvalue weighted by Gasteiger charge is 2.22. The van der Waals surface area contributed by atoms with Gasteiger partial charge in [-0.2, -0.15) is 0 Å². The molecule has 1 aliphatic rings. The maximum absolute atomic E-state index is 11.5. The van der Waals surface area contributed by atoms with Crippen LogP contribution in [0.15, 0.2) is 78.9 Å². The zero-order valence-electron chi connectivity index (χ0n) is 15.0. The number of hydrogen-bond acceptors (Lipinski definition) is 4. The first-order valence-electron chi connectivity index (χ1n) is 8.81. The van der Waals surface area contributed by atoms with Gasteiger partial charge in [-0.05, 0) is 42.0 Å². The molecular weight excluding hydrogens is 378 g/mol. The molecule has 28 heavy (non-hydrogen) atoms. The quantitative estimate of drug-likeness (QED) is 0.585. The van der Waals surface area contributed by atoms with Gasteiger partial charge in [0.1, 0.15) is 11.5 Å². The van der Waals surface area contributed by atoms with E-state index in [9.17, 15) is 4.79 Å². The van der Waals surface area contributed by atoms with E-state index in [4.69, 9.17) is 14.2 Å². The molecule has 3 aromatic rings. The van der Waals surface area contributed by atoms with Crippen LogP contribution in [0, 0.1) is 0 Å². The number of alkyl carbamates (subject to hydrolysis) is 1. The minimum absolute atomic E-state index is 0. The maximum atomic E-state index is 11.5. The molecular formula is C22H20ClNO4. The molecule has 1 heterocycles. The van der Waals surface area contributed by atoms with Gasteiger partial charge in [0.2, 0.25) is 0 Å². The van der Waals surface area contributed by atoms with Crippen molar-refractivity contribution in [2.75, 3.05) is 6.61 Å². The topological polar surface area (TPSA) is 56.8 Å². The van der Waals surface area contributed by atoms with Crippen molar-refractivity contribution in [3.05, 3.63) is 84.4 Å². The van der Waals surface area contributed by atoms with E-state index in [2.05, 4.69) is 5.32 Å². The van der Waals surface area contributed by atoms with Crippen molar-refractivity contribution in [2.24, 2.45) is 0 Å². The lowest BCUT2D eigenvalue weighted by Gasteiger charge is -2.24. The van der Waals surface area contributed by atoms with Crippen LogP contribution in [0.5, 0.6) is 23.0 Å². The van der Waals surface area contributed by atoms with Gasteiger partial charge in [-0.25, -0.2) is 4.79 Å². The van der Waals surface area contributed by atoms with Gasteiger partial charge in [0, 0.05) is 6.42 Å². The van der Waals surface area contributed by atoms with Crippen molar-refractivity contribution in [2.45, 2.75) is 12.5 Å². The molecule has 0 saturated carbocycles. The van der Waals surface area contributed by atoms with Crippen molar-refractivity contribution < 1.29 is 19.0 Å². The number of nitrogens with one attached hydrogen (secondary N) is 1. The molecule has 1 aliphatic heterocycles. The summed E-state index contributed by atoms with van der Waals surface area (Å²) in [6.45, 7) is 0.396. The van der Waals surface area contributed by atoms with E-state index in [1.807, 2.05) is 78.9 Å². The molecule has 0 bridgehead atoms. The predicted octanol–water partition coefficient (Wildman–Crippen LogP) is 5.86. The predicted molar refractivity (Wildman–Crippen MR) is 109 cm³/mol. The Balaban J connectivity index is 0.00000225. The monoisotopic (exact) mass is 397 g/mol. The summed E-state index contributed by atoms with van der Waals surface area (Å²) >= 11 is 0. The molecule has 0 aromatic heterocycles. The van der Waals surface area contributed by atoms with Crippen LogP contribution in [-0.4, -0.2) is 12.7 Å². The smallest absolute Gasteiger partial charge is 0.407 e. The molecule has 1 atom stereocenters. The molecule has 1 saturated heterocycles. The zero-order chi connectivity index (χ0) is 18.5. The number of carbonyl (C=O) groups excluding carboxylic acids is 1. The van der Waals surface area contributed by atoms with Gasteiger partial charge < -0.3 is 19.5 Å². The largest absolute Gasteiger partial charge is 0.453 e. The zero-order valence-corrected chi connectivity index (χ0v) is 15.9. The van der Waals surface area contributed by atoms with E-state index in [0.717, 1.165) is 11.3 Å². The molecule has 1 fully saturated rings. The normalized spacial score (nSPS) is 15.6. The highest BCUT2D eigenvalue weighted by Crippen LogP contribution is 2.37. The van der Waals surface area contributed by atoms with E-state index in [1.54, 1.807) is 0 Å². The molecule has 0 radical (unpaired) electrons. The molecule has 5 nitrogen and oxygen atoms in total. The third-order valence-electron chi connectivity index (χ3n) is 4.24. The second-order valence-corrected chi connectivity index (χ2v) is 6.16. The fourth-order valence-corrected chi connectivity index (χ4v) is 2.91. The minimum atomic E-state index is -0.401. The van der Waals surface area contributed by atoms with Crippen LogP contribution in [0.1, 0.15) is 18.0 Å². The molecule has 3 aromatic carbocycles. The van der Waals surface area contributed by atoms with Crippen LogP contribution in [0.3, 0.4) is 0 Å². The average Bonchev–Trinajstić information content (AvgIpc) is 2.71. The van der Waals surface area contributed by atoms with E-state index in [-0.39, 0.29) is 18.4 Å². The van der Waals surface area contributed by atoms with E-state index in [0.29, 0.717) is 30.3 Å². The van der Waals surface area contributed by atoms with Crippen LogP contribution in [0.2, 0.25) is 0 Å². The second kappa shape index (κ2) is 9.15. The number of ether oxygens (including phenoxy) is 3. The molecule has 1 N–H and O–H groups in total. The van der Waals surface area contributed by atoms with Crippen molar-refractivity contribution in [3.8, 4) is 23.0 Å². The SMILES string of the molecule is Cl.O=C1N[C@@H](c2ccc(Oc3ccccc3)c(Oc3ccccc3)c2)CCO1. The van der Waals surface area contributed by atoms with Crippen molar-refractivity contribution in [1.82, 2.24) is 5.32 Å². The van der Waals surface area contributed by atoms with Crippen LogP contribution in [-0.2, 0) is 4.74 Å². The Labute approximate surface area is 169 Å². The standard InChI is InChI=1S/C22H19NO4.ClH/c24-22-23-19(13-14-25-22)16-11-12-20(26-17-7-3-1-4-8-17)21(15-16)27-18-9-5-2-6-10-18;/h1-12,15,19H,13-14H2,(H,23,24);1H/t19-;/m1./s1. The number of para-hydroxylation sites is 2. The Bertz CT molecular complexity index is 918. The molecule has 144 valence electrons. The summed E-state index contributed by atoms with van der Waals surface area (Å²) in [5.74, 6) is 2.63. The van der Waals surface area contributed by atoms with Gasteiger partial charge in [0.25, 0.3) is 0 Å². The molecule has 0 spiro atoms. The highest BCUT2D eigenvalue weighted by atomic mass is 35.5. The maximum Gasteiger partial charge on any atom is 0.407 e. The summed E-state index contributed by atoms with van der Waals surface area (Å²) in [4.78, 5) is 11.5. The fraction of sp³-hybridized carbons (Fsp3) is 0.136. The second-order valence-electron chi connectivity index (χ2n) is 6.16. The number of hydrogen-bond donors (Lipinski definition) is 1. The average molecular weight is 398 g/mol. The van der Waals surface area contributed by atoms with Gasteiger partial charge in [0.05, 0.1) is 12.6 Å². The summed E-state index contributed by atoms with van der Waals surface area (Å²) in [7, 11) is 0. The van der Waals surface area contributed by atoms with E-state index < -0.39 is 6.09 Å². The number of rotatable bonds is 5. The Morgan fingerprint density at radius 1 is 0.821 bits per heavy atom. The van der Waals surface area contributed by atoms with Gasteiger partial charge in [-0.1, -0.05) is 42.5 Å². The van der Waals surface area contributed by atoms with Crippen molar-refractivity contribution >= 4 is 18.5 Å². The first kappa shape index (κ1) is 19.6. The fourth-order valence-electron chi connectivity index (χ4n) is 2.91. The summed E-state index contributed by atoms with van der Waals surface area (Å²) < 4.78 is 17.0. The molecule has 6 heteroatoms. The van der Waals surface area contributed by atoms with Crippen LogP contribution in [0.4, 0.5) is 4.79 Å². The number of cyclic esters (lactones) is 1. The Kier molecular flexibility index (Phi) is 6.40. The summed E-state index contributed by atoms with van der Waals surface area (Å²) in [6, 6.07) is 24.7. The Hall–Kier alpha value is -3.18. The summed E-state index contributed by atoms with van der Waals surface area (Å²) in [5.41, 5.74) is 0.943. The molecule has 4 rings (SSSR count). The summed E-state index contributed by atoms with van der Waals surface area (Å²) in [6.07, 6.45) is 0.302. The van der Waals surface area contributed by atoms with Crippen LogP contribution < -0.4 is 14.8 Å². The number of amides is 1. The van der Waals surface area contributed by atoms with Crippen molar-refractivity contribution in [3.63, 3.8) is 0 Å². The molecule has 0 unspecified atom stereocenters. The van der Waals surface area contributed by atoms with Crippen LogP contribution in [0.25, 0.3) is 0 Å². The lowest BCUT2D eigenvalue weighted by molar-refractivity contribution is 0.115. The first-order chi connectivity index (χ1) is 13.3.